The first-order valence-corrected chi connectivity index (χ1v) is 12.0. The van der Waals surface area contributed by atoms with Crippen LogP contribution < -0.4 is 24.0 Å². The van der Waals surface area contributed by atoms with Gasteiger partial charge in [-0.15, -0.1) is 0 Å². The van der Waals surface area contributed by atoms with Gasteiger partial charge in [-0.3, -0.25) is 0 Å². The van der Waals surface area contributed by atoms with Crippen molar-refractivity contribution < 1.29 is 20.3 Å². The van der Waals surface area contributed by atoms with Crippen molar-refractivity contribution in [1.82, 2.24) is 0 Å². The normalized spacial score (nSPS) is 21.2. The molecule has 3 aromatic rings. The van der Waals surface area contributed by atoms with E-state index in [-0.39, 0.29) is 20.3 Å². The molecule has 0 bridgehead atoms. The van der Waals surface area contributed by atoms with Gasteiger partial charge in [0, 0.05) is 11.1 Å². The van der Waals surface area contributed by atoms with Crippen molar-refractivity contribution >= 4 is 25.4 Å². The molecule has 0 aromatic heterocycles. The third-order valence-electron chi connectivity index (χ3n) is 6.29. The minimum atomic E-state index is -1.94. The second kappa shape index (κ2) is 7.17. The molecule has 0 N–H and O–H groups in total. The minimum absolute atomic E-state index is 0. The first kappa shape index (κ1) is 18.3. The molecule has 0 saturated carbocycles. The molecule has 0 radical (unpaired) electrons. The number of hydrogen-bond acceptors (Lipinski definition) is 0. The Labute approximate surface area is 176 Å². The third-order valence-corrected chi connectivity index (χ3v) is 11.5. The molecule has 0 spiro atoms. The molecule has 2 unspecified atom stereocenters. The Morgan fingerprint density at radius 2 is 1.07 bits per heavy atom. The average molecular weight is 358 g/mol. The molecular formula is C25H23LiSi. The summed E-state index contributed by atoms with van der Waals surface area (Å²) in [5.41, 5.74) is 6.79. The van der Waals surface area contributed by atoms with Crippen molar-refractivity contribution in [2.24, 2.45) is 0 Å². The molecule has 128 valence electrons. The van der Waals surface area contributed by atoms with Crippen LogP contribution in [0.1, 0.15) is 34.8 Å². The number of benzene rings is 3. The predicted octanol–water partition coefficient (Wildman–Crippen LogP) is 2.79. The van der Waals surface area contributed by atoms with Crippen LogP contribution in [-0.4, -0.2) is 8.07 Å². The molecule has 0 saturated heterocycles. The van der Waals surface area contributed by atoms with E-state index in [2.05, 4.69) is 110 Å². The van der Waals surface area contributed by atoms with Crippen LogP contribution in [-0.2, 0) is 0 Å². The maximum absolute atomic E-state index is 2.58. The molecule has 0 heterocycles. The van der Waals surface area contributed by atoms with Gasteiger partial charge in [-0.25, -0.2) is 0 Å². The van der Waals surface area contributed by atoms with Gasteiger partial charge in [0.25, 0.3) is 0 Å². The zero-order chi connectivity index (χ0) is 17.6. The number of hydrogen-bond donors (Lipinski definition) is 0. The average Bonchev–Trinajstić information content (AvgIpc) is 3.33. The van der Waals surface area contributed by atoms with E-state index in [1.165, 1.54) is 27.4 Å². The van der Waals surface area contributed by atoms with E-state index in [1.807, 2.05) is 0 Å². The van der Waals surface area contributed by atoms with Gasteiger partial charge in [-0.05, 0) is 22.3 Å². The largest absolute Gasteiger partial charge is 1.00 e. The van der Waals surface area contributed by atoms with E-state index < -0.39 is 8.07 Å². The maximum atomic E-state index is 2.58. The summed E-state index contributed by atoms with van der Waals surface area (Å²) in [5, 5.41) is 1.54. The van der Waals surface area contributed by atoms with Crippen LogP contribution in [0.15, 0.2) is 91.0 Å². The molecule has 2 atom stereocenters. The van der Waals surface area contributed by atoms with Gasteiger partial charge in [-0.2, -0.15) is 0 Å². The van der Waals surface area contributed by atoms with Crippen LogP contribution in [0.25, 0.3) is 12.2 Å². The van der Waals surface area contributed by atoms with Crippen molar-refractivity contribution in [3.8, 4) is 0 Å². The van der Waals surface area contributed by atoms with Crippen LogP contribution in [0.2, 0.25) is 6.55 Å². The van der Waals surface area contributed by atoms with E-state index in [4.69, 9.17) is 0 Å². The van der Waals surface area contributed by atoms with Crippen molar-refractivity contribution in [3.63, 3.8) is 0 Å². The van der Waals surface area contributed by atoms with Crippen LogP contribution >= 0.6 is 0 Å². The standard InChI is InChI=1S/C25H22Si.Li.H/c1-26(21-11-3-2-4-12-21,24-17-15-19-9-5-7-13-22(19)24)25-18-16-20-10-6-8-14-23(20)25;;/h2-18,24-25H,1H3;;/q;+1;-1. The molecule has 2 aliphatic rings. The summed E-state index contributed by atoms with van der Waals surface area (Å²) in [4.78, 5) is 0. The molecule has 0 fully saturated rings. The number of fused-ring (bicyclic) bond motifs is 2. The monoisotopic (exact) mass is 358 g/mol. The van der Waals surface area contributed by atoms with Crippen LogP contribution in [0.4, 0.5) is 0 Å². The summed E-state index contributed by atoms with van der Waals surface area (Å²) in [7, 11) is -1.94. The molecule has 2 heteroatoms. The maximum Gasteiger partial charge on any atom is 1.00 e. The fraction of sp³-hybridized carbons (Fsp3) is 0.120. The van der Waals surface area contributed by atoms with Gasteiger partial charge in [0.1, 0.15) is 8.07 Å². The molecular weight excluding hydrogens is 335 g/mol. The summed E-state index contributed by atoms with van der Waals surface area (Å²) in [6.45, 7) is 2.58. The van der Waals surface area contributed by atoms with E-state index in [9.17, 15) is 0 Å². The van der Waals surface area contributed by atoms with Gasteiger partial charge >= 0.3 is 18.9 Å². The summed E-state index contributed by atoms with van der Waals surface area (Å²) < 4.78 is 0. The second-order valence-electron chi connectivity index (χ2n) is 7.58. The molecule has 0 amide bonds. The number of rotatable bonds is 3. The summed E-state index contributed by atoms with van der Waals surface area (Å²) in [6.07, 6.45) is 9.61. The summed E-state index contributed by atoms with van der Waals surface area (Å²) >= 11 is 0. The van der Waals surface area contributed by atoms with Gasteiger partial charge < -0.3 is 1.43 Å². The first-order valence-electron chi connectivity index (χ1n) is 9.38. The molecule has 0 nitrogen and oxygen atoms in total. The Balaban J connectivity index is 0.00000112. The van der Waals surface area contributed by atoms with Gasteiger partial charge in [-0.1, -0.05) is 115 Å². The molecule has 2 aliphatic carbocycles. The molecule has 27 heavy (non-hydrogen) atoms. The first-order chi connectivity index (χ1) is 12.8. The quantitative estimate of drug-likeness (QED) is 0.632. The fourth-order valence-corrected chi connectivity index (χ4v) is 9.72. The minimum Gasteiger partial charge on any atom is -1.00 e. The fourth-order valence-electron chi connectivity index (χ4n) is 4.89. The van der Waals surface area contributed by atoms with Gasteiger partial charge in [0.2, 0.25) is 0 Å². The van der Waals surface area contributed by atoms with E-state index in [1.54, 1.807) is 0 Å². The third kappa shape index (κ3) is 2.82. The van der Waals surface area contributed by atoms with Crippen molar-refractivity contribution in [2.45, 2.75) is 17.6 Å². The Morgan fingerprint density at radius 3 is 1.59 bits per heavy atom. The zero-order valence-corrected chi connectivity index (χ0v) is 17.0. The van der Waals surface area contributed by atoms with Crippen LogP contribution in [0.3, 0.4) is 0 Å². The smallest absolute Gasteiger partial charge is 1.00 e. The van der Waals surface area contributed by atoms with E-state index in [0.717, 1.165) is 0 Å². The van der Waals surface area contributed by atoms with Crippen molar-refractivity contribution in [2.75, 3.05) is 0 Å². The summed E-state index contributed by atoms with van der Waals surface area (Å²) in [6, 6.07) is 29.1. The van der Waals surface area contributed by atoms with Crippen LogP contribution in [0.5, 0.6) is 0 Å². The van der Waals surface area contributed by atoms with Gasteiger partial charge in [0.15, 0.2) is 0 Å². The van der Waals surface area contributed by atoms with E-state index >= 15 is 0 Å². The molecule has 5 rings (SSSR count). The van der Waals surface area contributed by atoms with E-state index in [0.29, 0.717) is 11.1 Å². The molecule has 3 aromatic carbocycles. The predicted molar refractivity (Wildman–Crippen MR) is 115 cm³/mol. The number of allylic oxidation sites excluding steroid dienone is 2. The molecule has 0 aliphatic heterocycles. The van der Waals surface area contributed by atoms with Crippen molar-refractivity contribution in [3.05, 3.63) is 113 Å². The zero-order valence-electron chi connectivity index (χ0n) is 17.0. The van der Waals surface area contributed by atoms with Crippen LogP contribution in [0, 0.1) is 0 Å². The van der Waals surface area contributed by atoms with Crippen molar-refractivity contribution in [1.29, 1.82) is 0 Å². The Kier molecular flexibility index (Phi) is 4.87. The van der Waals surface area contributed by atoms with Gasteiger partial charge in [0.05, 0.1) is 0 Å². The SMILES string of the molecule is C[Si](c1ccccc1)(C1C=Cc2ccccc21)C1C=Cc2ccccc21.[H-].[Li+]. The second-order valence-corrected chi connectivity index (χ2v) is 12.0. The Hall–Kier alpha value is -2.05. The topological polar surface area (TPSA) is 0 Å². The summed E-state index contributed by atoms with van der Waals surface area (Å²) in [5.74, 6) is 0. The Morgan fingerprint density at radius 1 is 0.630 bits per heavy atom. The Bertz CT molecular complexity index is 964.